The molecule has 0 aromatic heterocycles. The van der Waals surface area contributed by atoms with Crippen molar-refractivity contribution in [2.45, 2.75) is 58.9 Å². The highest BCUT2D eigenvalue weighted by Crippen LogP contribution is 2.13. The van der Waals surface area contributed by atoms with E-state index in [-0.39, 0.29) is 11.4 Å². The lowest BCUT2D eigenvalue weighted by molar-refractivity contribution is -0.134. The monoisotopic (exact) mass is 185 g/mol. The van der Waals surface area contributed by atoms with Crippen molar-refractivity contribution in [3.8, 4) is 0 Å². The molecule has 0 rings (SSSR count). The average Bonchev–Trinajstić information content (AvgIpc) is 2.01. The van der Waals surface area contributed by atoms with E-state index >= 15 is 0 Å². The molecule has 0 aliphatic carbocycles. The van der Waals surface area contributed by atoms with E-state index in [2.05, 4.69) is 27.7 Å². The third-order valence-corrected chi connectivity index (χ3v) is 2.37. The largest absolute Gasteiger partial charge is 0.341 e. The van der Waals surface area contributed by atoms with Crippen molar-refractivity contribution in [3.63, 3.8) is 0 Å². The van der Waals surface area contributed by atoms with Crippen molar-refractivity contribution in [1.82, 2.24) is 4.90 Å². The van der Waals surface area contributed by atoms with E-state index in [0.717, 1.165) is 12.8 Å². The molecular formula is C11H23NO. The summed E-state index contributed by atoms with van der Waals surface area (Å²) in [5, 5.41) is 0. The number of amides is 1. The summed E-state index contributed by atoms with van der Waals surface area (Å²) in [5.74, 6) is 0.265. The van der Waals surface area contributed by atoms with Gasteiger partial charge in [0, 0.05) is 19.0 Å². The van der Waals surface area contributed by atoms with Gasteiger partial charge in [-0.1, -0.05) is 19.8 Å². The smallest absolute Gasteiger partial charge is 0.222 e. The molecule has 0 unspecified atom stereocenters. The van der Waals surface area contributed by atoms with E-state index in [1.165, 1.54) is 6.42 Å². The SMILES string of the molecule is CCCCCC(=O)N(C)C(C)(C)C. The van der Waals surface area contributed by atoms with E-state index in [4.69, 9.17) is 0 Å². The van der Waals surface area contributed by atoms with Crippen molar-refractivity contribution in [2.75, 3.05) is 7.05 Å². The number of carbonyl (C=O) groups is 1. The molecule has 0 aromatic carbocycles. The first-order valence-electron chi connectivity index (χ1n) is 5.16. The third-order valence-electron chi connectivity index (χ3n) is 2.37. The van der Waals surface area contributed by atoms with Gasteiger partial charge in [-0.2, -0.15) is 0 Å². The Bertz CT molecular complexity index is 158. The Hall–Kier alpha value is -0.530. The Morgan fingerprint density at radius 3 is 2.15 bits per heavy atom. The number of nitrogens with zero attached hydrogens (tertiary/aromatic N) is 1. The predicted molar refractivity (Wildman–Crippen MR) is 56.7 cm³/mol. The van der Waals surface area contributed by atoms with Crippen LogP contribution in [-0.2, 0) is 4.79 Å². The molecule has 78 valence electrons. The van der Waals surface area contributed by atoms with E-state index in [0.29, 0.717) is 6.42 Å². The maximum absolute atomic E-state index is 11.6. The molecule has 13 heavy (non-hydrogen) atoms. The third kappa shape index (κ3) is 4.91. The van der Waals surface area contributed by atoms with E-state index in [1.54, 1.807) is 0 Å². The zero-order valence-corrected chi connectivity index (χ0v) is 9.68. The van der Waals surface area contributed by atoms with Crippen molar-refractivity contribution < 1.29 is 4.79 Å². The molecule has 0 N–H and O–H groups in total. The Balaban J connectivity index is 3.84. The van der Waals surface area contributed by atoms with Crippen LogP contribution < -0.4 is 0 Å². The quantitative estimate of drug-likeness (QED) is 0.617. The first-order chi connectivity index (χ1) is 5.89. The molecule has 0 heterocycles. The summed E-state index contributed by atoms with van der Waals surface area (Å²) in [4.78, 5) is 13.4. The summed E-state index contributed by atoms with van der Waals surface area (Å²) in [6, 6.07) is 0. The zero-order chi connectivity index (χ0) is 10.5. The van der Waals surface area contributed by atoms with Gasteiger partial charge in [-0.25, -0.2) is 0 Å². The normalized spacial score (nSPS) is 11.5. The van der Waals surface area contributed by atoms with E-state index in [9.17, 15) is 4.79 Å². The molecule has 0 saturated carbocycles. The summed E-state index contributed by atoms with van der Waals surface area (Å²) in [5.41, 5.74) is -0.0384. The summed E-state index contributed by atoms with van der Waals surface area (Å²) in [6.45, 7) is 8.33. The summed E-state index contributed by atoms with van der Waals surface area (Å²) in [6.07, 6.45) is 4.05. The van der Waals surface area contributed by atoms with Crippen molar-refractivity contribution >= 4 is 5.91 Å². The van der Waals surface area contributed by atoms with Crippen LogP contribution in [0.25, 0.3) is 0 Å². The lowest BCUT2D eigenvalue weighted by atomic mass is 10.1. The van der Waals surface area contributed by atoms with Crippen LogP contribution in [0.3, 0.4) is 0 Å². The standard InChI is InChI=1S/C11H23NO/c1-6-7-8-9-10(13)12(5)11(2,3)4/h6-9H2,1-5H3. The maximum atomic E-state index is 11.6. The van der Waals surface area contributed by atoms with Crippen molar-refractivity contribution in [1.29, 1.82) is 0 Å². The summed E-state index contributed by atoms with van der Waals surface area (Å²) >= 11 is 0. The molecule has 0 aliphatic heterocycles. The molecular weight excluding hydrogens is 162 g/mol. The Kier molecular flexibility index (Phi) is 5.04. The Morgan fingerprint density at radius 2 is 1.77 bits per heavy atom. The first kappa shape index (κ1) is 12.5. The molecule has 0 atom stereocenters. The van der Waals surface area contributed by atoms with Gasteiger partial charge >= 0.3 is 0 Å². The highest BCUT2D eigenvalue weighted by atomic mass is 16.2. The van der Waals surface area contributed by atoms with E-state index in [1.807, 2.05) is 11.9 Å². The molecule has 0 saturated heterocycles. The van der Waals surface area contributed by atoms with Crippen LogP contribution in [0.4, 0.5) is 0 Å². The van der Waals surface area contributed by atoms with Crippen molar-refractivity contribution in [2.24, 2.45) is 0 Å². The second-order valence-corrected chi connectivity index (χ2v) is 4.58. The van der Waals surface area contributed by atoms with Gasteiger partial charge in [0.1, 0.15) is 0 Å². The molecule has 0 spiro atoms. The maximum Gasteiger partial charge on any atom is 0.222 e. The number of hydrogen-bond donors (Lipinski definition) is 0. The minimum Gasteiger partial charge on any atom is -0.341 e. The minimum atomic E-state index is -0.0384. The van der Waals surface area contributed by atoms with E-state index < -0.39 is 0 Å². The molecule has 1 amide bonds. The molecule has 0 radical (unpaired) electrons. The topological polar surface area (TPSA) is 20.3 Å². The molecule has 0 bridgehead atoms. The fourth-order valence-corrected chi connectivity index (χ4v) is 1.07. The van der Waals surface area contributed by atoms with Crippen LogP contribution in [0, 0.1) is 0 Å². The average molecular weight is 185 g/mol. The fraction of sp³-hybridized carbons (Fsp3) is 0.909. The van der Waals surface area contributed by atoms with Crippen LogP contribution in [-0.4, -0.2) is 23.4 Å². The minimum absolute atomic E-state index is 0.0384. The van der Waals surface area contributed by atoms with Crippen LogP contribution in [0.15, 0.2) is 0 Å². The van der Waals surface area contributed by atoms with Crippen LogP contribution in [0.1, 0.15) is 53.4 Å². The predicted octanol–water partition coefficient (Wildman–Crippen LogP) is 2.82. The van der Waals surface area contributed by atoms with Gasteiger partial charge in [0.15, 0.2) is 0 Å². The molecule has 2 nitrogen and oxygen atoms in total. The summed E-state index contributed by atoms with van der Waals surface area (Å²) < 4.78 is 0. The highest BCUT2D eigenvalue weighted by Gasteiger charge is 2.21. The number of rotatable bonds is 4. The Morgan fingerprint density at radius 1 is 1.23 bits per heavy atom. The number of carbonyl (C=O) groups excluding carboxylic acids is 1. The lowest BCUT2D eigenvalue weighted by Crippen LogP contribution is -2.42. The summed E-state index contributed by atoms with van der Waals surface area (Å²) in [7, 11) is 1.88. The van der Waals surface area contributed by atoms with Gasteiger partial charge in [0.2, 0.25) is 5.91 Å². The second-order valence-electron chi connectivity index (χ2n) is 4.58. The molecule has 0 aromatic rings. The number of unbranched alkanes of at least 4 members (excludes halogenated alkanes) is 2. The van der Waals surface area contributed by atoms with Gasteiger partial charge in [-0.15, -0.1) is 0 Å². The van der Waals surface area contributed by atoms with Gasteiger partial charge in [-0.3, -0.25) is 4.79 Å². The Labute approximate surface area is 82.3 Å². The highest BCUT2D eigenvalue weighted by molar-refractivity contribution is 5.76. The van der Waals surface area contributed by atoms with Gasteiger partial charge in [0.05, 0.1) is 0 Å². The zero-order valence-electron chi connectivity index (χ0n) is 9.68. The van der Waals surface area contributed by atoms with Gasteiger partial charge < -0.3 is 4.90 Å². The first-order valence-corrected chi connectivity index (χ1v) is 5.16. The van der Waals surface area contributed by atoms with Crippen LogP contribution in [0.2, 0.25) is 0 Å². The fourth-order valence-electron chi connectivity index (χ4n) is 1.07. The van der Waals surface area contributed by atoms with Crippen LogP contribution in [0.5, 0.6) is 0 Å². The number of hydrogen-bond acceptors (Lipinski definition) is 1. The molecule has 0 fully saturated rings. The lowest BCUT2D eigenvalue weighted by Gasteiger charge is -2.32. The van der Waals surface area contributed by atoms with Gasteiger partial charge in [-0.05, 0) is 27.2 Å². The molecule has 0 aliphatic rings. The second kappa shape index (κ2) is 5.25. The van der Waals surface area contributed by atoms with Crippen LogP contribution >= 0.6 is 0 Å². The van der Waals surface area contributed by atoms with Gasteiger partial charge in [0.25, 0.3) is 0 Å². The van der Waals surface area contributed by atoms with Crippen molar-refractivity contribution in [3.05, 3.63) is 0 Å². The molecule has 2 heteroatoms.